The van der Waals surface area contributed by atoms with Crippen LogP contribution in [-0.2, 0) is 4.79 Å². The minimum absolute atomic E-state index is 0.120. The lowest BCUT2D eigenvalue weighted by Crippen LogP contribution is -2.29. The standard InChI is InChI=1S/C8H13NO2/c9-6-3-4-1-2-5(6)7(4)8(10)11/h4-7H,1-3,9H2,(H,10,11)/t4-,5-,6-,7+/m1/s1. The average molecular weight is 155 g/mol. The summed E-state index contributed by atoms with van der Waals surface area (Å²) >= 11 is 0. The molecule has 3 N–H and O–H groups in total. The summed E-state index contributed by atoms with van der Waals surface area (Å²) in [4.78, 5) is 10.8. The molecule has 0 heterocycles. The Morgan fingerprint density at radius 2 is 2.18 bits per heavy atom. The fourth-order valence-electron chi connectivity index (χ4n) is 2.77. The number of carbonyl (C=O) groups is 1. The molecule has 0 spiro atoms. The monoisotopic (exact) mass is 155 g/mol. The number of rotatable bonds is 1. The molecule has 2 aliphatic carbocycles. The molecular formula is C8H13NO2. The number of hydrogen-bond acceptors (Lipinski definition) is 2. The molecule has 0 aromatic heterocycles. The van der Waals surface area contributed by atoms with Crippen molar-refractivity contribution in [2.24, 2.45) is 23.5 Å². The van der Waals surface area contributed by atoms with Crippen molar-refractivity contribution in [2.75, 3.05) is 0 Å². The van der Waals surface area contributed by atoms with E-state index >= 15 is 0 Å². The summed E-state index contributed by atoms with van der Waals surface area (Å²) in [6.45, 7) is 0. The molecule has 0 aromatic rings. The zero-order valence-corrected chi connectivity index (χ0v) is 6.36. The number of fused-ring (bicyclic) bond motifs is 2. The van der Waals surface area contributed by atoms with Crippen molar-refractivity contribution in [3.8, 4) is 0 Å². The summed E-state index contributed by atoms with van der Waals surface area (Å²) in [5.41, 5.74) is 5.78. The summed E-state index contributed by atoms with van der Waals surface area (Å²) in [7, 11) is 0. The first-order valence-corrected chi connectivity index (χ1v) is 4.18. The second-order valence-corrected chi connectivity index (χ2v) is 3.76. The fourth-order valence-corrected chi connectivity index (χ4v) is 2.77. The lowest BCUT2D eigenvalue weighted by atomic mass is 9.95. The maximum atomic E-state index is 10.8. The van der Waals surface area contributed by atoms with Crippen molar-refractivity contribution in [1.29, 1.82) is 0 Å². The normalized spacial score (nSPS) is 48.1. The van der Waals surface area contributed by atoms with Crippen molar-refractivity contribution in [3.63, 3.8) is 0 Å². The van der Waals surface area contributed by atoms with E-state index in [1.807, 2.05) is 0 Å². The molecule has 11 heavy (non-hydrogen) atoms. The molecule has 0 unspecified atom stereocenters. The van der Waals surface area contributed by atoms with Crippen LogP contribution in [0.25, 0.3) is 0 Å². The van der Waals surface area contributed by atoms with Gasteiger partial charge in [0.05, 0.1) is 5.92 Å². The number of hydrogen-bond donors (Lipinski definition) is 2. The maximum Gasteiger partial charge on any atom is 0.307 e. The highest BCUT2D eigenvalue weighted by Gasteiger charge is 2.50. The van der Waals surface area contributed by atoms with E-state index in [0.29, 0.717) is 5.92 Å². The van der Waals surface area contributed by atoms with Gasteiger partial charge in [0, 0.05) is 6.04 Å². The second-order valence-electron chi connectivity index (χ2n) is 3.76. The van der Waals surface area contributed by atoms with Crippen LogP contribution in [0.2, 0.25) is 0 Å². The molecule has 4 atom stereocenters. The largest absolute Gasteiger partial charge is 0.481 e. The molecule has 2 fully saturated rings. The number of carboxylic acids is 1. The number of nitrogens with two attached hydrogens (primary N) is 1. The molecule has 3 nitrogen and oxygen atoms in total. The highest BCUT2D eigenvalue weighted by molar-refractivity contribution is 5.72. The van der Waals surface area contributed by atoms with E-state index in [1.165, 1.54) is 0 Å². The van der Waals surface area contributed by atoms with Crippen LogP contribution >= 0.6 is 0 Å². The molecule has 2 bridgehead atoms. The van der Waals surface area contributed by atoms with Crippen LogP contribution in [0.3, 0.4) is 0 Å². The Morgan fingerprint density at radius 3 is 2.45 bits per heavy atom. The minimum Gasteiger partial charge on any atom is -0.481 e. The fraction of sp³-hybridized carbons (Fsp3) is 0.875. The van der Waals surface area contributed by atoms with Crippen molar-refractivity contribution >= 4 is 5.97 Å². The van der Waals surface area contributed by atoms with Crippen LogP contribution in [-0.4, -0.2) is 17.1 Å². The predicted molar refractivity (Wildman–Crippen MR) is 39.9 cm³/mol. The summed E-state index contributed by atoms with van der Waals surface area (Å²) in [6, 6.07) is 0.162. The molecule has 0 saturated heterocycles. The molecule has 62 valence electrons. The summed E-state index contributed by atoms with van der Waals surface area (Å²) in [5.74, 6) is -0.0968. The van der Waals surface area contributed by atoms with Gasteiger partial charge < -0.3 is 10.8 Å². The highest BCUT2D eigenvalue weighted by atomic mass is 16.4. The van der Waals surface area contributed by atoms with E-state index in [9.17, 15) is 4.79 Å². The molecule has 2 aliphatic rings. The smallest absolute Gasteiger partial charge is 0.307 e. The first kappa shape index (κ1) is 7.10. The van der Waals surface area contributed by atoms with E-state index in [1.54, 1.807) is 0 Å². The molecular weight excluding hydrogens is 142 g/mol. The molecule has 2 rings (SSSR count). The average Bonchev–Trinajstić information content (AvgIpc) is 2.41. The lowest BCUT2D eigenvalue weighted by Gasteiger charge is -2.15. The Kier molecular flexibility index (Phi) is 1.42. The molecule has 0 aliphatic heterocycles. The van der Waals surface area contributed by atoms with Crippen molar-refractivity contribution < 1.29 is 9.90 Å². The van der Waals surface area contributed by atoms with Crippen LogP contribution < -0.4 is 5.73 Å². The number of carboxylic acid groups (broad SMARTS) is 1. The zero-order chi connectivity index (χ0) is 8.01. The van der Waals surface area contributed by atoms with E-state index < -0.39 is 5.97 Å². The molecule has 0 amide bonds. The molecule has 3 heteroatoms. The van der Waals surface area contributed by atoms with E-state index in [2.05, 4.69) is 0 Å². The third-order valence-electron chi connectivity index (χ3n) is 3.25. The van der Waals surface area contributed by atoms with Gasteiger partial charge in [-0.3, -0.25) is 4.79 Å². The lowest BCUT2D eigenvalue weighted by molar-refractivity contribution is -0.143. The van der Waals surface area contributed by atoms with Crippen molar-refractivity contribution in [1.82, 2.24) is 0 Å². The summed E-state index contributed by atoms with van der Waals surface area (Å²) in [6.07, 6.45) is 3.04. The van der Waals surface area contributed by atoms with Gasteiger partial charge in [0.25, 0.3) is 0 Å². The van der Waals surface area contributed by atoms with E-state index in [-0.39, 0.29) is 17.9 Å². The number of aliphatic carboxylic acids is 1. The Bertz CT molecular complexity index is 193. The first-order chi connectivity index (χ1) is 5.20. The van der Waals surface area contributed by atoms with Crippen molar-refractivity contribution in [2.45, 2.75) is 25.3 Å². The van der Waals surface area contributed by atoms with Gasteiger partial charge in [-0.25, -0.2) is 0 Å². The van der Waals surface area contributed by atoms with Gasteiger partial charge >= 0.3 is 5.97 Å². The van der Waals surface area contributed by atoms with Crippen molar-refractivity contribution in [3.05, 3.63) is 0 Å². The Hall–Kier alpha value is -0.570. The Labute approximate surface area is 65.6 Å². The maximum absolute atomic E-state index is 10.8. The summed E-state index contributed by atoms with van der Waals surface area (Å²) in [5, 5.41) is 8.86. The summed E-state index contributed by atoms with van der Waals surface area (Å²) < 4.78 is 0. The van der Waals surface area contributed by atoms with Gasteiger partial charge in [-0.15, -0.1) is 0 Å². The van der Waals surface area contributed by atoms with Gasteiger partial charge in [0.15, 0.2) is 0 Å². The van der Waals surface area contributed by atoms with Gasteiger partial charge in [0.2, 0.25) is 0 Å². The first-order valence-electron chi connectivity index (χ1n) is 4.18. The quantitative estimate of drug-likeness (QED) is 0.577. The van der Waals surface area contributed by atoms with Crippen LogP contribution in [0.1, 0.15) is 19.3 Å². The predicted octanol–water partition coefficient (Wildman–Crippen LogP) is 0.444. The van der Waals surface area contributed by atoms with Gasteiger partial charge in [-0.2, -0.15) is 0 Å². The Morgan fingerprint density at radius 1 is 1.45 bits per heavy atom. The van der Waals surface area contributed by atoms with Gasteiger partial charge in [-0.1, -0.05) is 0 Å². The third kappa shape index (κ3) is 0.872. The highest BCUT2D eigenvalue weighted by Crippen LogP contribution is 2.48. The van der Waals surface area contributed by atoms with Crippen LogP contribution in [0, 0.1) is 17.8 Å². The molecule has 0 aromatic carbocycles. The van der Waals surface area contributed by atoms with Crippen LogP contribution in [0.5, 0.6) is 0 Å². The van der Waals surface area contributed by atoms with Crippen LogP contribution in [0.15, 0.2) is 0 Å². The Balaban J connectivity index is 2.19. The zero-order valence-electron chi connectivity index (χ0n) is 6.36. The van der Waals surface area contributed by atoms with Crippen LogP contribution in [0.4, 0.5) is 0 Å². The second kappa shape index (κ2) is 2.21. The SMILES string of the molecule is N[C@@H]1C[C@H]2CC[C@H]1[C@H]2C(=O)O. The minimum atomic E-state index is -0.634. The molecule has 2 saturated carbocycles. The topological polar surface area (TPSA) is 63.3 Å². The van der Waals surface area contributed by atoms with E-state index in [0.717, 1.165) is 19.3 Å². The third-order valence-corrected chi connectivity index (χ3v) is 3.25. The van der Waals surface area contributed by atoms with E-state index in [4.69, 9.17) is 10.8 Å². The molecule has 0 radical (unpaired) electrons. The van der Waals surface area contributed by atoms with Gasteiger partial charge in [0.1, 0.15) is 0 Å². The van der Waals surface area contributed by atoms with Gasteiger partial charge in [-0.05, 0) is 31.1 Å².